The zero-order chi connectivity index (χ0) is 18.6. The Hall–Kier alpha value is -2.19. The SMILES string of the molecule is NC1CC2C(=O)N3CCC(NC(=O)c4ccc(F)c(Cl)c4)C3C(=O)N2C1. The highest BCUT2D eigenvalue weighted by molar-refractivity contribution is 6.31. The molecule has 9 heteroatoms. The van der Waals surface area contributed by atoms with Crippen LogP contribution in [0.1, 0.15) is 23.2 Å². The monoisotopic (exact) mass is 380 g/mol. The lowest BCUT2D eigenvalue weighted by molar-refractivity contribution is -0.157. The Bertz CT molecular complexity index is 804. The van der Waals surface area contributed by atoms with Crippen molar-refractivity contribution in [2.75, 3.05) is 13.1 Å². The summed E-state index contributed by atoms with van der Waals surface area (Å²) in [5, 5.41) is 2.64. The summed E-state index contributed by atoms with van der Waals surface area (Å²) < 4.78 is 13.3. The number of carbonyl (C=O) groups is 3. The van der Waals surface area contributed by atoms with Crippen LogP contribution in [0.15, 0.2) is 18.2 Å². The van der Waals surface area contributed by atoms with Crippen LogP contribution >= 0.6 is 11.6 Å². The molecule has 4 atom stereocenters. The van der Waals surface area contributed by atoms with E-state index in [1.165, 1.54) is 17.0 Å². The van der Waals surface area contributed by atoms with Gasteiger partial charge in [-0.25, -0.2) is 4.39 Å². The molecule has 0 bridgehead atoms. The predicted molar refractivity (Wildman–Crippen MR) is 90.9 cm³/mol. The Morgan fingerprint density at radius 3 is 2.77 bits per heavy atom. The molecule has 4 rings (SSSR count). The summed E-state index contributed by atoms with van der Waals surface area (Å²) in [4.78, 5) is 41.1. The number of carbonyl (C=O) groups excluding carboxylic acids is 3. The first-order valence-electron chi connectivity index (χ1n) is 8.49. The van der Waals surface area contributed by atoms with E-state index in [-0.39, 0.29) is 28.4 Å². The van der Waals surface area contributed by atoms with Crippen LogP contribution in [-0.2, 0) is 9.59 Å². The second-order valence-electron chi connectivity index (χ2n) is 6.98. The van der Waals surface area contributed by atoms with Crippen molar-refractivity contribution in [2.45, 2.75) is 37.0 Å². The van der Waals surface area contributed by atoms with Gasteiger partial charge in [-0.05, 0) is 31.0 Å². The normalized spacial score (nSPS) is 30.4. The topological polar surface area (TPSA) is 95.7 Å². The minimum absolute atomic E-state index is 0.107. The minimum atomic E-state index is -0.719. The van der Waals surface area contributed by atoms with Crippen molar-refractivity contribution in [3.8, 4) is 0 Å². The molecule has 0 radical (unpaired) electrons. The summed E-state index contributed by atoms with van der Waals surface area (Å²) in [7, 11) is 0. The Morgan fingerprint density at radius 1 is 1.27 bits per heavy atom. The molecule has 26 heavy (non-hydrogen) atoms. The Kier molecular flexibility index (Phi) is 4.11. The number of nitrogens with one attached hydrogen (secondary N) is 1. The number of benzene rings is 1. The summed E-state index contributed by atoms with van der Waals surface area (Å²) in [6.07, 6.45) is 0.953. The summed E-state index contributed by atoms with van der Waals surface area (Å²) in [6.45, 7) is 0.762. The van der Waals surface area contributed by atoms with Crippen molar-refractivity contribution in [3.05, 3.63) is 34.6 Å². The van der Waals surface area contributed by atoms with Gasteiger partial charge >= 0.3 is 0 Å². The van der Waals surface area contributed by atoms with Crippen LogP contribution in [0.3, 0.4) is 0 Å². The van der Waals surface area contributed by atoms with Gasteiger partial charge in [-0.1, -0.05) is 11.6 Å². The van der Waals surface area contributed by atoms with Gasteiger partial charge in [-0.2, -0.15) is 0 Å². The molecule has 0 spiro atoms. The van der Waals surface area contributed by atoms with Crippen LogP contribution in [0.25, 0.3) is 0 Å². The fourth-order valence-electron chi connectivity index (χ4n) is 4.09. The lowest BCUT2D eigenvalue weighted by atomic mass is 10.0. The quantitative estimate of drug-likeness (QED) is 0.761. The van der Waals surface area contributed by atoms with Crippen LogP contribution in [0, 0.1) is 5.82 Å². The maximum atomic E-state index is 13.3. The van der Waals surface area contributed by atoms with E-state index in [1.54, 1.807) is 4.90 Å². The van der Waals surface area contributed by atoms with E-state index < -0.39 is 29.8 Å². The lowest BCUT2D eigenvalue weighted by Crippen LogP contribution is -2.64. The number of nitrogens with two attached hydrogens (primary N) is 1. The Balaban J connectivity index is 1.53. The van der Waals surface area contributed by atoms with E-state index in [0.717, 1.165) is 6.07 Å². The highest BCUT2D eigenvalue weighted by Crippen LogP contribution is 2.32. The molecule has 3 aliphatic heterocycles. The molecule has 3 fully saturated rings. The van der Waals surface area contributed by atoms with Crippen LogP contribution < -0.4 is 11.1 Å². The summed E-state index contributed by atoms with van der Waals surface area (Å²) in [6, 6.07) is 1.77. The smallest absolute Gasteiger partial charge is 0.251 e. The summed E-state index contributed by atoms with van der Waals surface area (Å²) in [5.74, 6) is -1.36. The van der Waals surface area contributed by atoms with Gasteiger partial charge in [0, 0.05) is 24.7 Å². The first-order chi connectivity index (χ1) is 12.4. The van der Waals surface area contributed by atoms with Gasteiger partial charge < -0.3 is 20.9 Å². The zero-order valence-electron chi connectivity index (χ0n) is 13.8. The second-order valence-corrected chi connectivity index (χ2v) is 7.38. The Morgan fingerprint density at radius 2 is 2.04 bits per heavy atom. The average Bonchev–Trinajstić information content (AvgIpc) is 3.19. The summed E-state index contributed by atoms with van der Waals surface area (Å²) in [5.41, 5.74) is 6.11. The molecule has 7 nitrogen and oxygen atoms in total. The number of nitrogens with zero attached hydrogens (tertiary/aromatic N) is 2. The minimum Gasteiger partial charge on any atom is -0.347 e. The average molecular weight is 381 g/mol. The van der Waals surface area contributed by atoms with Gasteiger partial charge in [0.1, 0.15) is 17.9 Å². The predicted octanol–water partition coefficient (Wildman–Crippen LogP) is 0.120. The van der Waals surface area contributed by atoms with Crippen molar-refractivity contribution >= 4 is 29.3 Å². The number of halogens is 2. The van der Waals surface area contributed by atoms with Gasteiger partial charge in [0.2, 0.25) is 11.8 Å². The second kappa shape index (κ2) is 6.21. The van der Waals surface area contributed by atoms with Crippen LogP contribution in [0.2, 0.25) is 5.02 Å². The van der Waals surface area contributed by atoms with Gasteiger partial charge in [-0.15, -0.1) is 0 Å². The molecule has 0 saturated carbocycles. The van der Waals surface area contributed by atoms with E-state index in [9.17, 15) is 18.8 Å². The highest BCUT2D eigenvalue weighted by atomic mass is 35.5. The van der Waals surface area contributed by atoms with Gasteiger partial charge in [0.25, 0.3) is 5.91 Å². The fourth-order valence-corrected chi connectivity index (χ4v) is 4.27. The fraction of sp³-hybridized carbons (Fsp3) is 0.471. The van der Waals surface area contributed by atoms with Crippen LogP contribution in [0.5, 0.6) is 0 Å². The number of hydrogen-bond donors (Lipinski definition) is 2. The van der Waals surface area contributed by atoms with Gasteiger partial charge in [-0.3, -0.25) is 14.4 Å². The molecule has 3 saturated heterocycles. The molecule has 138 valence electrons. The number of hydrogen-bond acceptors (Lipinski definition) is 4. The molecule has 4 unspecified atom stereocenters. The van der Waals surface area contributed by atoms with Crippen molar-refractivity contribution in [1.82, 2.24) is 15.1 Å². The standard InChI is InChI=1S/C17H18ClFN4O3/c18-10-5-8(1-2-11(10)19)15(24)21-12-3-4-22-14(12)17(26)23-7-9(20)6-13(23)16(22)25/h1-2,5,9,12-14H,3-4,6-7,20H2,(H,21,24). The van der Waals surface area contributed by atoms with Crippen LogP contribution in [0.4, 0.5) is 4.39 Å². The molecule has 3 aliphatic rings. The van der Waals surface area contributed by atoms with Crippen molar-refractivity contribution in [1.29, 1.82) is 0 Å². The van der Waals surface area contributed by atoms with Gasteiger partial charge in [0.05, 0.1) is 11.1 Å². The van der Waals surface area contributed by atoms with Crippen molar-refractivity contribution in [3.63, 3.8) is 0 Å². The zero-order valence-corrected chi connectivity index (χ0v) is 14.6. The van der Waals surface area contributed by atoms with Crippen molar-refractivity contribution in [2.24, 2.45) is 5.73 Å². The molecule has 1 aromatic carbocycles. The first-order valence-corrected chi connectivity index (χ1v) is 8.87. The maximum absolute atomic E-state index is 13.3. The Labute approximate surface area is 154 Å². The third kappa shape index (κ3) is 2.64. The molecular formula is C17H18ClFN4O3. The number of fused-ring (bicyclic) bond motifs is 2. The van der Waals surface area contributed by atoms with E-state index >= 15 is 0 Å². The number of piperazine rings is 1. The molecule has 3 amide bonds. The lowest BCUT2D eigenvalue weighted by Gasteiger charge is -2.40. The maximum Gasteiger partial charge on any atom is 0.251 e. The molecule has 0 aliphatic carbocycles. The molecule has 1 aromatic rings. The van der Waals surface area contributed by atoms with Gasteiger partial charge in [0.15, 0.2) is 0 Å². The third-order valence-corrected chi connectivity index (χ3v) is 5.62. The molecule has 3 N–H and O–H groups in total. The largest absolute Gasteiger partial charge is 0.347 e. The summed E-state index contributed by atoms with van der Waals surface area (Å²) >= 11 is 5.72. The molecular weight excluding hydrogens is 363 g/mol. The third-order valence-electron chi connectivity index (χ3n) is 5.33. The number of rotatable bonds is 2. The first kappa shape index (κ1) is 17.2. The number of amides is 3. The van der Waals surface area contributed by atoms with Crippen LogP contribution in [-0.4, -0.2) is 64.8 Å². The van der Waals surface area contributed by atoms with E-state index in [4.69, 9.17) is 17.3 Å². The van der Waals surface area contributed by atoms with E-state index in [0.29, 0.717) is 25.9 Å². The van der Waals surface area contributed by atoms with Crippen molar-refractivity contribution < 1.29 is 18.8 Å². The highest BCUT2D eigenvalue weighted by Gasteiger charge is 2.54. The van der Waals surface area contributed by atoms with E-state index in [1.807, 2.05) is 0 Å². The molecule has 0 aromatic heterocycles. The van der Waals surface area contributed by atoms with E-state index in [2.05, 4.69) is 5.32 Å². The molecule has 3 heterocycles.